The van der Waals surface area contributed by atoms with E-state index >= 15 is 0 Å². The van der Waals surface area contributed by atoms with Crippen molar-refractivity contribution in [2.75, 3.05) is 13.1 Å². The number of hydrogen-bond acceptors (Lipinski definition) is 4. The quantitative estimate of drug-likeness (QED) is 0.529. The molecule has 14 heavy (non-hydrogen) atoms. The zero-order chi connectivity index (χ0) is 10.7. The molecule has 1 aliphatic heterocycles. The van der Waals surface area contributed by atoms with Crippen molar-refractivity contribution in [3.05, 3.63) is 0 Å². The first-order valence-electron chi connectivity index (χ1n) is 4.96. The Kier molecular flexibility index (Phi) is 3.86. The van der Waals surface area contributed by atoms with Crippen LogP contribution in [0.2, 0.25) is 0 Å². The van der Waals surface area contributed by atoms with Gasteiger partial charge in [0.25, 0.3) is 0 Å². The standard InChI is InChI=1S/C9H18N2O3/c1-2-3-6(10)9(14)11-4-7(12)8(13)5-11/h6-8,12-13H,2-5,10H2,1H3. The molecule has 0 bridgehead atoms. The lowest BCUT2D eigenvalue weighted by atomic mass is 10.1. The summed E-state index contributed by atoms with van der Waals surface area (Å²) >= 11 is 0. The SMILES string of the molecule is CCCC(N)C(=O)N1CC(O)C(O)C1. The summed E-state index contributed by atoms with van der Waals surface area (Å²) in [7, 11) is 0. The molecule has 5 heteroatoms. The molecule has 0 spiro atoms. The lowest BCUT2D eigenvalue weighted by Gasteiger charge is -2.19. The van der Waals surface area contributed by atoms with Gasteiger partial charge in [0, 0.05) is 13.1 Å². The van der Waals surface area contributed by atoms with Crippen LogP contribution in [-0.2, 0) is 4.79 Å². The molecule has 82 valence electrons. The van der Waals surface area contributed by atoms with Crippen LogP contribution in [0.4, 0.5) is 0 Å². The van der Waals surface area contributed by atoms with Gasteiger partial charge in [0.15, 0.2) is 0 Å². The molecule has 3 unspecified atom stereocenters. The molecule has 1 heterocycles. The molecule has 0 saturated carbocycles. The minimum absolute atomic E-state index is 0.178. The van der Waals surface area contributed by atoms with E-state index in [1.807, 2.05) is 6.92 Å². The largest absolute Gasteiger partial charge is 0.388 e. The van der Waals surface area contributed by atoms with Crippen LogP contribution in [0.15, 0.2) is 0 Å². The van der Waals surface area contributed by atoms with Crippen LogP contribution in [-0.4, -0.2) is 52.4 Å². The van der Waals surface area contributed by atoms with E-state index in [-0.39, 0.29) is 19.0 Å². The summed E-state index contributed by atoms with van der Waals surface area (Å²) in [6, 6.07) is -0.502. The maximum Gasteiger partial charge on any atom is 0.239 e. The van der Waals surface area contributed by atoms with Gasteiger partial charge in [-0.2, -0.15) is 0 Å². The van der Waals surface area contributed by atoms with Gasteiger partial charge in [-0.1, -0.05) is 13.3 Å². The predicted octanol–water partition coefficient (Wildman–Crippen LogP) is -1.32. The van der Waals surface area contributed by atoms with Crippen LogP contribution < -0.4 is 5.73 Å². The molecular weight excluding hydrogens is 184 g/mol. The van der Waals surface area contributed by atoms with E-state index in [4.69, 9.17) is 5.73 Å². The second-order valence-electron chi connectivity index (χ2n) is 3.77. The normalized spacial score (nSPS) is 29.3. The average Bonchev–Trinajstić information content (AvgIpc) is 2.46. The van der Waals surface area contributed by atoms with Crippen molar-refractivity contribution in [3.63, 3.8) is 0 Å². The first-order valence-corrected chi connectivity index (χ1v) is 4.96. The number of aliphatic hydroxyl groups is 2. The van der Waals surface area contributed by atoms with Crippen molar-refractivity contribution in [1.29, 1.82) is 0 Å². The minimum Gasteiger partial charge on any atom is -0.388 e. The van der Waals surface area contributed by atoms with Crippen molar-refractivity contribution in [3.8, 4) is 0 Å². The number of rotatable bonds is 3. The van der Waals surface area contributed by atoms with Crippen molar-refractivity contribution in [2.24, 2.45) is 5.73 Å². The fraction of sp³-hybridized carbons (Fsp3) is 0.889. The topological polar surface area (TPSA) is 86.8 Å². The fourth-order valence-corrected chi connectivity index (χ4v) is 1.62. The number of nitrogens with two attached hydrogens (primary N) is 1. The first-order chi connectivity index (χ1) is 6.56. The second-order valence-corrected chi connectivity index (χ2v) is 3.77. The van der Waals surface area contributed by atoms with Gasteiger partial charge in [0.05, 0.1) is 18.2 Å². The van der Waals surface area contributed by atoms with E-state index in [0.29, 0.717) is 6.42 Å². The van der Waals surface area contributed by atoms with Crippen molar-refractivity contribution in [2.45, 2.75) is 38.0 Å². The van der Waals surface area contributed by atoms with Gasteiger partial charge >= 0.3 is 0 Å². The zero-order valence-corrected chi connectivity index (χ0v) is 8.39. The Morgan fingerprint density at radius 3 is 2.43 bits per heavy atom. The van der Waals surface area contributed by atoms with Gasteiger partial charge in [0.2, 0.25) is 5.91 Å². The van der Waals surface area contributed by atoms with E-state index in [0.717, 1.165) is 6.42 Å². The lowest BCUT2D eigenvalue weighted by Crippen LogP contribution is -2.43. The van der Waals surface area contributed by atoms with E-state index < -0.39 is 18.2 Å². The third kappa shape index (κ3) is 2.43. The minimum atomic E-state index is -0.826. The number of hydrogen-bond donors (Lipinski definition) is 3. The van der Waals surface area contributed by atoms with Crippen LogP contribution >= 0.6 is 0 Å². The Labute approximate surface area is 83.5 Å². The maximum absolute atomic E-state index is 11.6. The molecule has 0 aromatic rings. The average molecular weight is 202 g/mol. The molecule has 0 radical (unpaired) electrons. The fourth-order valence-electron chi connectivity index (χ4n) is 1.62. The molecule has 4 N–H and O–H groups in total. The molecule has 1 saturated heterocycles. The number of aliphatic hydroxyl groups excluding tert-OH is 2. The Morgan fingerprint density at radius 1 is 1.50 bits per heavy atom. The summed E-state index contributed by atoms with van der Waals surface area (Å²) in [6.45, 7) is 2.34. The summed E-state index contributed by atoms with van der Waals surface area (Å²) in [6.07, 6.45) is -0.159. The van der Waals surface area contributed by atoms with Crippen LogP contribution in [0.25, 0.3) is 0 Å². The summed E-state index contributed by atoms with van der Waals surface area (Å²) < 4.78 is 0. The molecule has 0 aliphatic carbocycles. The van der Waals surface area contributed by atoms with Gasteiger partial charge in [-0.15, -0.1) is 0 Å². The van der Waals surface area contributed by atoms with Crippen molar-refractivity contribution >= 4 is 5.91 Å². The van der Waals surface area contributed by atoms with Crippen LogP contribution in [0.3, 0.4) is 0 Å². The van der Waals surface area contributed by atoms with E-state index in [1.54, 1.807) is 0 Å². The molecule has 1 fully saturated rings. The molecular formula is C9H18N2O3. The molecule has 0 aromatic carbocycles. The highest BCUT2D eigenvalue weighted by molar-refractivity contribution is 5.82. The molecule has 0 aromatic heterocycles. The monoisotopic (exact) mass is 202 g/mol. The predicted molar refractivity (Wildman–Crippen MR) is 51.5 cm³/mol. The zero-order valence-electron chi connectivity index (χ0n) is 8.39. The Hall–Kier alpha value is -0.650. The summed E-state index contributed by atoms with van der Waals surface area (Å²) in [5.41, 5.74) is 5.64. The number of β-amino-alcohol motifs (C(OH)–C–C–N with tert-alkyl or cyclic N) is 2. The van der Waals surface area contributed by atoms with Gasteiger partial charge in [-0.25, -0.2) is 0 Å². The molecule has 1 amide bonds. The van der Waals surface area contributed by atoms with Crippen LogP contribution in [0.1, 0.15) is 19.8 Å². The third-order valence-electron chi connectivity index (χ3n) is 2.49. The molecule has 3 atom stereocenters. The van der Waals surface area contributed by atoms with Gasteiger partial charge < -0.3 is 20.8 Å². The smallest absolute Gasteiger partial charge is 0.239 e. The molecule has 1 aliphatic rings. The number of amides is 1. The summed E-state index contributed by atoms with van der Waals surface area (Å²) in [4.78, 5) is 13.0. The summed E-state index contributed by atoms with van der Waals surface area (Å²) in [5, 5.41) is 18.5. The first kappa shape index (κ1) is 11.4. The lowest BCUT2D eigenvalue weighted by molar-refractivity contribution is -0.132. The van der Waals surface area contributed by atoms with Gasteiger partial charge in [-0.05, 0) is 6.42 Å². The summed E-state index contributed by atoms with van der Waals surface area (Å²) in [5.74, 6) is -0.178. The maximum atomic E-state index is 11.6. The van der Waals surface area contributed by atoms with Crippen molar-refractivity contribution < 1.29 is 15.0 Å². The number of nitrogens with zero attached hydrogens (tertiary/aromatic N) is 1. The van der Waals surface area contributed by atoms with Crippen LogP contribution in [0.5, 0.6) is 0 Å². The van der Waals surface area contributed by atoms with Crippen molar-refractivity contribution in [1.82, 2.24) is 4.90 Å². The molecule has 5 nitrogen and oxygen atoms in total. The van der Waals surface area contributed by atoms with Gasteiger partial charge in [-0.3, -0.25) is 4.79 Å². The van der Waals surface area contributed by atoms with E-state index in [9.17, 15) is 15.0 Å². The highest BCUT2D eigenvalue weighted by Crippen LogP contribution is 2.11. The Bertz CT molecular complexity index is 200. The number of carbonyl (C=O) groups is 1. The number of carbonyl (C=O) groups excluding carboxylic acids is 1. The Morgan fingerprint density at radius 2 is 2.00 bits per heavy atom. The highest BCUT2D eigenvalue weighted by Gasteiger charge is 2.34. The highest BCUT2D eigenvalue weighted by atomic mass is 16.3. The van der Waals surface area contributed by atoms with Crippen LogP contribution in [0, 0.1) is 0 Å². The van der Waals surface area contributed by atoms with E-state index in [1.165, 1.54) is 4.90 Å². The Balaban J connectivity index is 2.46. The van der Waals surface area contributed by atoms with E-state index in [2.05, 4.69) is 0 Å². The van der Waals surface area contributed by atoms with Gasteiger partial charge in [0.1, 0.15) is 0 Å². The third-order valence-corrected chi connectivity index (χ3v) is 2.49. The molecule has 1 rings (SSSR count). The second kappa shape index (κ2) is 4.72. The number of likely N-dealkylation sites (tertiary alicyclic amines) is 1.